The standard InChI is InChI=1S/C21H16N4S/c1-2-7-16(8-3-1)15-22-25-21-20(13-12-17-9-6-14-26-17)23-18-10-4-5-11-19(18)24-21/h1-15H,(H,24,25)/b13-12+,22-15?. The normalized spacial score (nSPS) is 11.5. The Bertz CT molecular complexity index is 1050. The topological polar surface area (TPSA) is 50.2 Å². The van der Waals surface area contributed by atoms with Crippen molar-refractivity contribution in [3.05, 3.63) is 88.2 Å². The zero-order chi connectivity index (χ0) is 17.6. The second kappa shape index (κ2) is 7.72. The van der Waals surface area contributed by atoms with Crippen molar-refractivity contribution in [3.8, 4) is 0 Å². The number of anilines is 1. The molecule has 0 spiro atoms. The third-order valence-corrected chi connectivity index (χ3v) is 4.57. The van der Waals surface area contributed by atoms with Crippen molar-refractivity contribution in [1.29, 1.82) is 0 Å². The predicted molar refractivity (Wildman–Crippen MR) is 110 cm³/mol. The molecule has 0 unspecified atom stereocenters. The van der Waals surface area contributed by atoms with Gasteiger partial charge in [0.1, 0.15) is 5.69 Å². The second-order valence-electron chi connectivity index (χ2n) is 5.58. The molecule has 0 amide bonds. The lowest BCUT2D eigenvalue weighted by Gasteiger charge is -2.06. The molecule has 0 saturated heterocycles. The highest BCUT2D eigenvalue weighted by Gasteiger charge is 2.06. The molecule has 4 rings (SSSR count). The predicted octanol–water partition coefficient (Wildman–Crippen LogP) is 5.31. The SMILES string of the molecule is C(=NNc1nc2ccccc2nc1/C=C/c1cccs1)c1ccccc1. The number of thiophene rings is 1. The van der Waals surface area contributed by atoms with Gasteiger partial charge < -0.3 is 0 Å². The van der Waals surface area contributed by atoms with Crippen LogP contribution in [0, 0.1) is 0 Å². The van der Waals surface area contributed by atoms with Crippen LogP contribution in [0.4, 0.5) is 5.82 Å². The van der Waals surface area contributed by atoms with Crippen molar-refractivity contribution < 1.29 is 0 Å². The van der Waals surface area contributed by atoms with Gasteiger partial charge in [0.05, 0.1) is 17.2 Å². The van der Waals surface area contributed by atoms with Crippen molar-refractivity contribution in [1.82, 2.24) is 9.97 Å². The fourth-order valence-electron chi connectivity index (χ4n) is 2.47. The van der Waals surface area contributed by atoms with E-state index in [9.17, 15) is 0 Å². The van der Waals surface area contributed by atoms with E-state index in [-0.39, 0.29) is 0 Å². The van der Waals surface area contributed by atoms with Gasteiger partial charge in [-0.3, -0.25) is 5.43 Å². The average molecular weight is 356 g/mol. The van der Waals surface area contributed by atoms with E-state index in [4.69, 9.17) is 4.98 Å². The Labute approximate surface area is 155 Å². The van der Waals surface area contributed by atoms with Gasteiger partial charge in [-0.1, -0.05) is 48.5 Å². The summed E-state index contributed by atoms with van der Waals surface area (Å²) in [6.45, 7) is 0. The zero-order valence-electron chi connectivity index (χ0n) is 13.9. The van der Waals surface area contributed by atoms with Gasteiger partial charge in [0.2, 0.25) is 0 Å². The van der Waals surface area contributed by atoms with Gasteiger partial charge in [0.25, 0.3) is 0 Å². The molecule has 126 valence electrons. The lowest BCUT2D eigenvalue weighted by Crippen LogP contribution is -1.99. The Morgan fingerprint density at radius 2 is 1.58 bits per heavy atom. The van der Waals surface area contributed by atoms with Crippen LogP contribution < -0.4 is 5.43 Å². The molecule has 0 bridgehead atoms. The molecular formula is C21H16N4S. The minimum atomic E-state index is 0.628. The third kappa shape index (κ3) is 3.84. The number of hydrogen-bond donors (Lipinski definition) is 1. The molecule has 0 fully saturated rings. The zero-order valence-corrected chi connectivity index (χ0v) is 14.7. The number of rotatable bonds is 5. The van der Waals surface area contributed by atoms with Gasteiger partial charge in [0, 0.05) is 4.88 Å². The number of aromatic nitrogens is 2. The van der Waals surface area contributed by atoms with Crippen LogP contribution in [0.5, 0.6) is 0 Å². The summed E-state index contributed by atoms with van der Waals surface area (Å²) in [6, 6.07) is 21.8. The van der Waals surface area contributed by atoms with E-state index in [2.05, 4.69) is 27.0 Å². The van der Waals surface area contributed by atoms with Gasteiger partial charge in [-0.2, -0.15) is 5.10 Å². The minimum absolute atomic E-state index is 0.628. The lowest BCUT2D eigenvalue weighted by atomic mass is 10.2. The molecule has 26 heavy (non-hydrogen) atoms. The van der Waals surface area contributed by atoms with Gasteiger partial charge in [-0.25, -0.2) is 9.97 Å². The summed E-state index contributed by atoms with van der Waals surface area (Å²) in [7, 11) is 0. The van der Waals surface area contributed by atoms with E-state index in [0.717, 1.165) is 22.3 Å². The van der Waals surface area contributed by atoms with Crippen LogP contribution in [0.2, 0.25) is 0 Å². The Kier molecular flexibility index (Phi) is 4.80. The van der Waals surface area contributed by atoms with Crippen molar-refractivity contribution in [3.63, 3.8) is 0 Å². The molecule has 5 heteroatoms. The number of nitrogens with one attached hydrogen (secondary N) is 1. The Morgan fingerprint density at radius 3 is 2.35 bits per heavy atom. The van der Waals surface area contributed by atoms with E-state index in [0.29, 0.717) is 5.82 Å². The smallest absolute Gasteiger partial charge is 0.173 e. The minimum Gasteiger partial charge on any atom is -0.260 e. The molecule has 0 saturated carbocycles. The summed E-state index contributed by atoms with van der Waals surface area (Å²) in [4.78, 5) is 10.6. The number of hydrazone groups is 1. The van der Waals surface area contributed by atoms with Gasteiger partial charge in [-0.15, -0.1) is 11.3 Å². The maximum absolute atomic E-state index is 4.72. The quantitative estimate of drug-likeness (QED) is 0.389. The molecule has 0 aliphatic heterocycles. The highest BCUT2D eigenvalue weighted by molar-refractivity contribution is 7.10. The Morgan fingerprint density at radius 1 is 0.808 bits per heavy atom. The summed E-state index contributed by atoms with van der Waals surface area (Å²) < 4.78 is 0. The van der Waals surface area contributed by atoms with Crippen molar-refractivity contribution in [2.45, 2.75) is 0 Å². The molecule has 0 aliphatic rings. The summed E-state index contributed by atoms with van der Waals surface area (Å²) in [5.74, 6) is 0.628. The van der Waals surface area contributed by atoms with E-state index < -0.39 is 0 Å². The number of para-hydroxylation sites is 2. The fourth-order valence-corrected chi connectivity index (χ4v) is 3.08. The molecule has 2 aromatic carbocycles. The number of fused-ring (bicyclic) bond motifs is 1. The summed E-state index contributed by atoms with van der Waals surface area (Å²) in [5.41, 5.74) is 6.49. The summed E-state index contributed by atoms with van der Waals surface area (Å²) in [5, 5.41) is 6.37. The van der Waals surface area contributed by atoms with Crippen LogP contribution in [-0.2, 0) is 0 Å². The van der Waals surface area contributed by atoms with E-state index in [1.54, 1.807) is 17.6 Å². The molecule has 0 aliphatic carbocycles. The number of hydrogen-bond acceptors (Lipinski definition) is 5. The van der Waals surface area contributed by atoms with Crippen LogP contribution >= 0.6 is 11.3 Å². The Balaban J connectivity index is 1.66. The fraction of sp³-hybridized carbons (Fsp3) is 0. The van der Waals surface area contributed by atoms with Gasteiger partial charge in [-0.05, 0) is 41.3 Å². The summed E-state index contributed by atoms with van der Waals surface area (Å²) >= 11 is 1.68. The highest BCUT2D eigenvalue weighted by atomic mass is 32.1. The van der Waals surface area contributed by atoms with Crippen LogP contribution in [0.15, 0.2) is 77.2 Å². The average Bonchev–Trinajstić information content (AvgIpc) is 3.21. The van der Waals surface area contributed by atoms with Crippen molar-refractivity contribution in [2.75, 3.05) is 5.43 Å². The first kappa shape index (κ1) is 16.2. The molecule has 2 heterocycles. The van der Waals surface area contributed by atoms with E-state index in [1.807, 2.05) is 72.8 Å². The first-order valence-electron chi connectivity index (χ1n) is 8.21. The molecule has 4 nitrogen and oxygen atoms in total. The molecular weight excluding hydrogens is 340 g/mol. The third-order valence-electron chi connectivity index (χ3n) is 3.73. The van der Waals surface area contributed by atoms with E-state index >= 15 is 0 Å². The molecule has 1 N–H and O–H groups in total. The molecule has 2 aromatic heterocycles. The van der Waals surface area contributed by atoms with Crippen LogP contribution in [-0.4, -0.2) is 16.2 Å². The largest absolute Gasteiger partial charge is 0.260 e. The number of nitrogens with zero attached hydrogens (tertiary/aromatic N) is 3. The molecule has 0 atom stereocenters. The Hall–Kier alpha value is -3.31. The lowest BCUT2D eigenvalue weighted by molar-refractivity contribution is 1.20. The van der Waals surface area contributed by atoms with Crippen molar-refractivity contribution >= 4 is 46.6 Å². The first-order valence-corrected chi connectivity index (χ1v) is 9.09. The highest BCUT2D eigenvalue weighted by Crippen LogP contribution is 2.20. The first-order chi connectivity index (χ1) is 12.9. The van der Waals surface area contributed by atoms with Crippen LogP contribution in [0.25, 0.3) is 23.2 Å². The number of benzene rings is 2. The van der Waals surface area contributed by atoms with Gasteiger partial charge >= 0.3 is 0 Å². The summed E-state index contributed by atoms with van der Waals surface area (Å²) in [6.07, 6.45) is 5.77. The molecule has 4 aromatic rings. The van der Waals surface area contributed by atoms with Crippen LogP contribution in [0.3, 0.4) is 0 Å². The maximum atomic E-state index is 4.72. The van der Waals surface area contributed by atoms with Crippen molar-refractivity contribution in [2.24, 2.45) is 5.10 Å². The maximum Gasteiger partial charge on any atom is 0.173 e. The molecule has 0 radical (unpaired) electrons. The van der Waals surface area contributed by atoms with Crippen LogP contribution in [0.1, 0.15) is 16.1 Å². The van der Waals surface area contributed by atoms with Gasteiger partial charge in [0.15, 0.2) is 5.82 Å². The monoisotopic (exact) mass is 356 g/mol. The van der Waals surface area contributed by atoms with E-state index in [1.165, 1.54) is 4.88 Å². The second-order valence-corrected chi connectivity index (χ2v) is 6.55.